The van der Waals surface area contributed by atoms with Crippen molar-refractivity contribution in [2.45, 2.75) is 33.6 Å². The van der Waals surface area contributed by atoms with Gasteiger partial charge in [0.15, 0.2) is 11.6 Å². The maximum atomic E-state index is 14.7. The van der Waals surface area contributed by atoms with E-state index >= 15 is 0 Å². The Morgan fingerprint density at radius 2 is 1.78 bits per heavy atom. The highest BCUT2D eigenvalue weighted by molar-refractivity contribution is 5.54. The molecule has 8 nitrogen and oxygen atoms in total. The Kier molecular flexibility index (Phi) is 4.59. The van der Waals surface area contributed by atoms with Crippen LogP contribution in [0.4, 0.5) is 16.0 Å². The summed E-state index contributed by atoms with van der Waals surface area (Å²) >= 11 is 0. The molecule has 1 aliphatic rings. The molecular weight excluding hydrogens is 347 g/mol. The Morgan fingerprint density at radius 3 is 2.59 bits per heavy atom. The fraction of sp³-hybridized carbons (Fsp3) is 0.500. The lowest BCUT2D eigenvalue weighted by Gasteiger charge is -2.26. The number of halogens is 1. The lowest BCUT2D eigenvalue weighted by molar-refractivity contribution is 0.584. The highest BCUT2D eigenvalue weighted by atomic mass is 19.1. The van der Waals surface area contributed by atoms with Crippen molar-refractivity contribution in [3.63, 3.8) is 0 Å². The number of anilines is 2. The van der Waals surface area contributed by atoms with Gasteiger partial charge in [0.1, 0.15) is 18.5 Å². The van der Waals surface area contributed by atoms with E-state index in [1.54, 1.807) is 4.52 Å². The van der Waals surface area contributed by atoms with Gasteiger partial charge in [0.05, 0.1) is 5.69 Å². The zero-order valence-electron chi connectivity index (χ0n) is 15.9. The molecule has 0 aliphatic carbocycles. The van der Waals surface area contributed by atoms with E-state index in [4.69, 9.17) is 0 Å². The third-order valence-electron chi connectivity index (χ3n) is 5.15. The molecule has 4 heterocycles. The van der Waals surface area contributed by atoms with Gasteiger partial charge in [-0.15, -0.1) is 0 Å². The summed E-state index contributed by atoms with van der Waals surface area (Å²) in [4.78, 5) is 21.3. The second-order valence-electron chi connectivity index (χ2n) is 6.76. The molecule has 0 atom stereocenters. The van der Waals surface area contributed by atoms with Gasteiger partial charge in [-0.2, -0.15) is 14.6 Å². The van der Waals surface area contributed by atoms with Crippen molar-refractivity contribution in [3.05, 3.63) is 35.4 Å². The van der Waals surface area contributed by atoms with E-state index < -0.39 is 0 Å². The maximum absolute atomic E-state index is 14.7. The van der Waals surface area contributed by atoms with Gasteiger partial charge in [-0.3, -0.25) is 0 Å². The van der Waals surface area contributed by atoms with Gasteiger partial charge >= 0.3 is 0 Å². The molecule has 0 aromatic carbocycles. The van der Waals surface area contributed by atoms with Gasteiger partial charge in [-0.05, 0) is 26.7 Å². The smallest absolute Gasteiger partial charge is 0.254 e. The molecule has 0 radical (unpaired) electrons. The molecule has 9 heteroatoms. The first-order valence-corrected chi connectivity index (χ1v) is 9.26. The van der Waals surface area contributed by atoms with Crippen LogP contribution in [-0.2, 0) is 6.42 Å². The summed E-state index contributed by atoms with van der Waals surface area (Å²) in [6, 6.07) is 0. The first kappa shape index (κ1) is 17.6. The Bertz CT molecular complexity index is 969. The minimum atomic E-state index is -0.303. The molecule has 4 rings (SSSR count). The van der Waals surface area contributed by atoms with Gasteiger partial charge in [0.2, 0.25) is 0 Å². The summed E-state index contributed by atoms with van der Waals surface area (Å²) < 4.78 is 16.5. The van der Waals surface area contributed by atoms with Gasteiger partial charge in [-0.25, -0.2) is 19.3 Å². The van der Waals surface area contributed by atoms with E-state index in [2.05, 4.69) is 36.9 Å². The molecule has 1 saturated heterocycles. The van der Waals surface area contributed by atoms with Crippen LogP contribution in [0.2, 0.25) is 0 Å². The summed E-state index contributed by atoms with van der Waals surface area (Å²) in [6.07, 6.45) is 4.43. The van der Waals surface area contributed by atoms with Crippen LogP contribution in [0.3, 0.4) is 0 Å². The molecular formula is C18H23FN8. The molecule has 0 amide bonds. The summed E-state index contributed by atoms with van der Waals surface area (Å²) in [5.41, 5.74) is 2.50. The van der Waals surface area contributed by atoms with Crippen molar-refractivity contribution in [3.8, 4) is 0 Å². The predicted molar refractivity (Wildman–Crippen MR) is 101 cm³/mol. The van der Waals surface area contributed by atoms with E-state index in [1.807, 2.05) is 18.7 Å². The number of nitrogens with zero attached hydrogens (tertiary/aromatic N) is 8. The highest BCUT2D eigenvalue weighted by Crippen LogP contribution is 2.25. The number of hydrogen-bond donors (Lipinski definition) is 0. The van der Waals surface area contributed by atoms with E-state index in [0.29, 0.717) is 30.3 Å². The Morgan fingerprint density at radius 1 is 1.00 bits per heavy atom. The number of fused-ring (bicyclic) bond motifs is 1. The second-order valence-corrected chi connectivity index (χ2v) is 6.76. The van der Waals surface area contributed by atoms with E-state index in [0.717, 1.165) is 43.1 Å². The topological polar surface area (TPSA) is 75.3 Å². The number of aryl methyl sites for hydroxylation is 2. The minimum Gasteiger partial charge on any atom is -0.354 e. The molecule has 0 N–H and O–H groups in total. The number of aromatic nitrogens is 6. The maximum Gasteiger partial charge on any atom is 0.254 e. The molecule has 0 saturated carbocycles. The van der Waals surface area contributed by atoms with Crippen LogP contribution in [0.5, 0.6) is 0 Å². The standard InChI is InChI=1S/C18H23FN8/c1-4-14-15(19)16(21-10-20-14)25-6-5-7-26(9-8-25)17-12(2)13(3)24-18-22-11-23-27(17)18/h10-11H,4-9H2,1-3H3. The van der Waals surface area contributed by atoms with Crippen LogP contribution >= 0.6 is 0 Å². The van der Waals surface area contributed by atoms with Crippen LogP contribution < -0.4 is 9.80 Å². The fourth-order valence-corrected chi connectivity index (χ4v) is 3.59. The average Bonchev–Trinajstić information content (AvgIpc) is 2.98. The predicted octanol–water partition coefficient (Wildman–Crippen LogP) is 1.95. The molecule has 3 aromatic rings. The number of rotatable bonds is 3. The summed E-state index contributed by atoms with van der Waals surface area (Å²) in [5, 5.41) is 4.35. The first-order chi connectivity index (χ1) is 13.1. The molecule has 0 bridgehead atoms. The van der Waals surface area contributed by atoms with Gasteiger partial charge < -0.3 is 9.80 Å². The molecule has 142 valence electrons. The third kappa shape index (κ3) is 3.07. The van der Waals surface area contributed by atoms with Crippen LogP contribution in [-0.4, -0.2) is 55.7 Å². The van der Waals surface area contributed by atoms with E-state index in [9.17, 15) is 4.39 Å². The molecule has 1 aliphatic heterocycles. The average molecular weight is 370 g/mol. The van der Waals surface area contributed by atoms with Crippen molar-refractivity contribution < 1.29 is 4.39 Å². The quantitative estimate of drug-likeness (QED) is 0.697. The monoisotopic (exact) mass is 370 g/mol. The lowest BCUT2D eigenvalue weighted by Crippen LogP contribution is -2.33. The highest BCUT2D eigenvalue weighted by Gasteiger charge is 2.23. The molecule has 0 unspecified atom stereocenters. The Labute approximate surface area is 157 Å². The SMILES string of the molecule is CCc1ncnc(N2CCCN(c3c(C)c(C)nc4ncnn34)CC2)c1F. The third-order valence-corrected chi connectivity index (χ3v) is 5.15. The second kappa shape index (κ2) is 7.05. The van der Waals surface area contributed by atoms with Crippen LogP contribution in [0, 0.1) is 19.7 Å². The largest absolute Gasteiger partial charge is 0.354 e. The normalized spacial score (nSPS) is 15.4. The minimum absolute atomic E-state index is 0.303. The molecule has 27 heavy (non-hydrogen) atoms. The summed E-state index contributed by atoms with van der Waals surface area (Å²) in [6.45, 7) is 8.95. The molecule has 3 aromatic heterocycles. The van der Waals surface area contributed by atoms with Crippen LogP contribution in [0.25, 0.3) is 5.78 Å². The Hall–Kier alpha value is -2.84. The van der Waals surface area contributed by atoms with E-state index in [-0.39, 0.29) is 5.82 Å². The van der Waals surface area contributed by atoms with Gasteiger partial charge in [-0.1, -0.05) is 6.92 Å². The van der Waals surface area contributed by atoms with Crippen molar-refractivity contribution in [1.82, 2.24) is 29.5 Å². The number of hydrogen-bond acceptors (Lipinski definition) is 7. The first-order valence-electron chi connectivity index (χ1n) is 9.26. The van der Waals surface area contributed by atoms with Crippen LogP contribution in [0.15, 0.2) is 12.7 Å². The van der Waals surface area contributed by atoms with Crippen molar-refractivity contribution in [1.29, 1.82) is 0 Å². The van der Waals surface area contributed by atoms with Crippen molar-refractivity contribution in [2.24, 2.45) is 0 Å². The fourth-order valence-electron chi connectivity index (χ4n) is 3.59. The van der Waals surface area contributed by atoms with E-state index in [1.165, 1.54) is 12.7 Å². The van der Waals surface area contributed by atoms with Crippen molar-refractivity contribution in [2.75, 3.05) is 36.0 Å². The summed E-state index contributed by atoms with van der Waals surface area (Å²) in [7, 11) is 0. The Balaban J connectivity index is 1.64. The van der Waals surface area contributed by atoms with Gasteiger partial charge in [0, 0.05) is 37.4 Å². The molecule has 0 spiro atoms. The summed E-state index contributed by atoms with van der Waals surface area (Å²) in [5.74, 6) is 1.71. The van der Waals surface area contributed by atoms with Crippen LogP contribution in [0.1, 0.15) is 30.3 Å². The zero-order chi connectivity index (χ0) is 19.0. The zero-order valence-corrected chi connectivity index (χ0v) is 15.9. The van der Waals surface area contributed by atoms with Gasteiger partial charge in [0.25, 0.3) is 5.78 Å². The molecule has 1 fully saturated rings. The lowest BCUT2D eigenvalue weighted by atomic mass is 10.2. The van der Waals surface area contributed by atoms with Crippen molar-refractivity contribution >= 4 is 17.4 Å².